The third kappa shape index (κ3) is 3.08. The van der Waals surface area contributed by atoms with Gasteiger partial charge in [0.25, 0.3) is 0 Å². The van der Waals surface area contributed by atoms with Crippen LogP contribution >= 0.6 is 0 Å². The lowest BCUT2D eigenvalue weighted by Crippen LogP contribution is -2.33. The number of aliphatic hydroxyl groups is 1. The predicted octanol–water partition coefficient (Wildman–Crippen LogP) is 2.58. The van der Waals surface area contributed by atoms with Crippen molar-refractivity contribution in [1.82, 2.24) is 9.88 Å². The molecule has 1 N–H and O–H groups in total. The first kappa shape index (κ1) is 13.9. The van der Waals surface area contributed by atoms with E-state index in [4.69, 9.17) is 5.11 Å². The summed E-state index contributed by atoms with van der Waals surface area (Å²) < 4.78 is 13.7. The molecule has 0 bridgehead atoms. The van der Waals surface area contributed by atoms with E-state index in [-0.39, 0.29) is 12.4 Å². The highest BCUT2D eigenvalue weighted by atomic mass is 19.1. The highest BCUT2D eigenvalue weighted by molar-refractivity contribution is 5.82. The van der Waals surface area contributed by atoms with Crippen LogP contribution in [0.4, 0.5) is 4.39 Å². The summed E-state index contributed by atoms with van der Waals surface area (Å²) in [6.45, 7) is 5.53. The molecule has 1 heterocycles. The minimum Gasteiger partial charge on any atom is -0.395 e. The summed E-state index contributed by atoms with van der Waals surface area (Å²) in [6, 6.07) is 7.06. The molecule has 0 spiro atoms. The van der Waals surface area contributed by atoms with Crippen LogP contribution in [0.3, 0.4) is 0 Å². The van der Waals surface area contributed by atoms with Gasteiger partial charge in [0.15, 0.2) is 0 Å². The fourth-order valence-electron chi connectivity index (χ4n) is 2.19. The molecule has 1 aromatic heterocycles. The molecule has 4 heteroatoms. The molecule has 0 amide bonds. The van der Waals surface area contributed by atoms with E-state index in [1.807, 2.05) is 0 Å². The van der Waals surface area contributed by atoms with Gasteiger partial charge in [-0.05, 0) is 37.6 Å². The second kappa shape index (κ2) is 6.08. The molecule has 0 radical (unpaired) electrons. The zero-order valence-electron chi connectivity index (χ0n) is 11.3. The number of nitrogens with zero attached hydrogens (tertiary/aromatic N) is 2. The van der Waals surface area contributed by atoms with E-state index >= 15 is 0 Å². The zero-order chi connectivity index (χ0) is 13.8. The summed E-state index contributed by atoms with van der Waals surface area (Å²) in [5.41, 5.74) is 1.69. The van der Waals surface area contributed by atoms with Gasteiger partial charge < -0.3 is 5.11 Å². The number of aliphatic hydroxyl groups excluding tert-OH is 1. The second-order valence-corrected chi connectivity index (χ2v) is 4.89. The molecule has 0 saturated heterocycles. The van der Waals surface area contributed by atoms with Crippen LogP contribution < -0.4 is 0 Å². The lowest BCUT2D eigenvalue weighted by molar-refractivity contribution is 0.160. The lowest BCUT2D eigenvalue weighted by atomic mass is 10.1. The van der Waals surface area contributed by atoms with Crippen molar-refractivity contribution >= 4 is 10.9 Å². The highest BCUT2D eigenvalue weighted by Crippen LogP contribution is 2.21. The molecular weight excluding hydrogens is 243 g/mol. The van der Waals surface area contributed by atoms with E-state index in [0.29, 0.717) is 30.0 Å². The van der Waals surface area contributed by atoms with Crippen molar-refractivity contribution in [3.05, 3.63) is 41.8 Å². The molecule has 0 fully saturated rings. The van der Waals surface area contributed by atoms with Crippen LogP contribution in [-0.4, -0.2) is 34.2 Å². The van der Waals surface area contributed by atoms with E-state index in [0.717, 1.165) is 5.56 Å². The van der Waals surface area contributed by atoms with Gasteiger partial charge in [0.05, 0.1) is 12.1 Å². The van der Waals surface area contributed by atoms with Gasteiger partial charge >= 0.3 is 0 Å². The van der Waals surface area contributed by atoms with Crippen molar-refractivity contribution in [3.8, 4) is 0 Å². The molecule has 0 aliphatic carbocycles. The van der Waals surface area contributed by atoms with Crippen LogP contribution in [0, 0.1) is 5.82 Å². The summed E-state index contributed by atoms with van der Waals surface area (Å²) >= 11 is 0. The Kier molecular flexibility index (Phi) is 4.45. The van der Waals surface area contributed by atoms with Crippen molar-refractivity contribution < 1.29 is 9.50 Å². The van der Waals surface area contributed by atoms with E-state index in [9.17, 15) is 4.39 Å². The van der Waals surface area contributed by atoms with E-state index in [1.165, 1.54) is 6.07 Å². The summed E-state index contributed by atoms with van der Waals surface area (Å²) in [7, 11) is 0. The quantitative estimate of drug-likeness (QED) is 0.899. The summed E-state index contributed by atoms with van der Waals surface area (Å²) in [4.78, 5) is 6.43. The third-order valence-electron chi connectivity index (χ3n) is 3.29. The molecule has 19 heavy (non-hydrogen) atoms. The predicted molar refractivity (Wildman–Crippen MR) is 74.3 cm³/mol. The van der Waals surface area contributed by atoms with Gasteiger partial charge in [-0.15, -0.1) is 0 Å². The average Bonchev–Trinajstić information content (AvgIpc) is 2.41. The Labute approximate surface area is 112 Å². The van der Waals surface area contributed by atoms with Crippen LogP contribution in [0.5, 0.6) is 0 Å². The third-order valence-corrected chi connectivity index (χ3v) is 3.29. The Balaban J connectivity index is 2.37. The van der Waals surface area contributed by atoms with Crippen LogP contribution in [0.2, 0.25) is 0 Å². The number of halogens is 1. The number of hydrogen-bond acceptors (Lipinski definition) is 3. The summed E-state index contributed by atoms with van der Waals surface area (Å²) in [6.07, 6.45) is 1.68. The number of hydrogen-bond donors (Lipinski definition) is 1. The Bertz CT molecular complexity index is 557. The number of benzene rings is 1. The zero-order valence-corrected chi connectivity index (χ0v) is 11.3. The standard InChI is InChI=1S/C15H19FN2O/c1-11(2)18(8-9-19)10-12-5-6-14(16)13-4-3-7-17-15(12)13/h3-7,11,19H,8-10H2,1-2H3. The van der Waals surface area contributed by atoms with Gasteiger partial charge in [-0.1, -0.05) is 6.07 Å². The first-order valence-electron chi connectivity index (χ1n) is 6.50. The largest absolute Gasteiger partial charge is 0.395 e. The number of aromatic nitrogens is 1. The first-order valence-corrected chi connectivity index (χ1v) is 6.50. The van der Waals surface area contributed by atoms with Gasteiger partial charge in [0.1, 0.15) is 5.82 Å². The van der Waals surface area contributed by atoms with E-state index < -0.39 is 0 Å². The minimum atomic E-state index is -0.245. The molecule has 102 valence electrons. The van der Waals surface area contributed by atoms with Gasteiger partial charge in [0.2, 0.25) is 0 Å². The highest BCUT2D eigenvalue weighted by Gasteiger charge is 2.13. The van der Waals surface area contributed by atoms with E-state index in [2.05, 4.69) is 23.7 Å². The van der Waals surface area contributed by atoms with E-state index in [1.54, 1.807) is 24.4 Å². The molecule has 0 aliphatic rings. The van der Waals surface area contributed by atoms with Crippen molar-refractivity contribution in [1.29, 1.82) is 0 Å². The fraction of sp³-hybridized carbons (Fsp3) is 0.400. The van der Waals surface area contributed by atoms with Gasteiger partial charge in [0, 0.05) is 30.7 Å². The minimum absolute atomic E-state index is 0.116. The Morgan fingerprint density at radius 3 is 2.79 bits per heavy atom. The van der Waals surface area contributed by atoms with Gasteiger partial charge in [-0.3, -0.25) is 9.88 Å². The van der Waals surface area contributed by atoms with Crippen molar-refractivity contribution in [2.45, 2.75) is 26.4 Å². The van der Waals surface area contributed by atoms with Crippen molar-refractivity contribution in [2.75, 3.05) is 13.2 Å². The van der Waals surface area contributed by atoms with Crippen LogP contribution in [0.25, 0.3) is 10.9 Å². The maximum atomic E-state index is 13.7. The topological polar surface area (TPSA) is 36.4 Å². The molecule has 2 aromatic rings. The molecule has 2 rings (SSSR count). The van der Waals surface area contributed by atoms with Crippen LogP contribution in [-0.2, 0) is 6.54 Å². The van der Waals surface area contributed by atoms with Crippen LogP contribution in [0.1, 0.15) is 19.4 Å². The SMILES string of the molecule is CC(C)N(CCO)Cc1ccc(F)c2cccnc12. The lowest BCUT2D eigenvalue weighted by Gasteiger charge is -2.26. The van der Waals surface area contributed by atoms with Gasteiger partial charge in [-0.2, -0.15) is 0 Å². The summed E-state index contributed by atoms with van der Waals surface area (Å²) in [5, 5.41) is 9.65. The maximum absolute atomic E-state index is 13.7. The Morgan fingerprint density at radius 2 is 2.11 bits per heavy atom. The van der Waals surface area contributed by atoms with Crippen molar-refractivity contribution in [3.63, 3.8) is 0 Å². The van der Waals surface area contributed by atoms with Crippen LogP contribution in [0.15, 0.2) is 30.5 Å². The molecule has 0 atom stereocenters. The molecular formula is C15H19FN2O. The van der Waals surface area contributed by atoms with Gasteiger partial charge in [-0.25, -0.2) is 4.39 Å². The molecule has 0 unspecified atom stereocenters. The first-order chi connectivity index (χ1) is 9.13. The smallest absolute Gasteiger partial charge is 0.132 e. The molecule has 0 saturated carbocycles. The fourth-order valence-corrected chi connectivity index (χ4v) is 2.19. The second-order valence-electron chi connectivity index (χ2n) is 4.89. The number of fused-ring (bicyclic) bond motifs is 1. The molecule has 3 nitrogen and oxygen atoms in total. The molecule has 1 aromatic carbocycles. The Morgan fingerprint density at radius 1 is 1.32 bits per heavy atom. The van der Waals surface area contributed by atoms with Crippen molar-refractivity contribution in [2.24, 2.45) is 0 Å². The maximum Gasteiger partial charge on any atom is 0.132 e. The Hall–Kier alpha value is -1.52. The average molecular weight is 262 g/mol. The monoisotopic (exact) mass is 262 g/mol. The summed E-state index contributed by atoms with van der Waals surface area (Å²) in [5.74, 6) is -0.245. The number of pyridine rings is 1. The number of rotatable bonds is 5. The molecule has 0 aliphatic heterocycles. The normalized spacial score (nSPS) is 11.7.